The minimum absolute atomic E-state index is 0.566. The Morgan fingerprint density at radius 1 is 0.200 bits per heavy atom. The topological polar surface area (TPSA) is 162 Å². The molecule has 0 amide bonds. The van der Waals surface area contributed by atoms with E-state index < -0.39 is 0 Å². The van der Waals surface area contributed by atoms with Gasteiger partial charge in [0.25, 0.3) is 0 Å². The van der Waals surface area contributed by atoms with Crippen LogP contribution in [-0.4, -0.2) is 68.1 Å². The largest absolute Gasteiger partial charge is 0.471 e. The van der Waals surface area contributed by atoms with Crippen molar-refractivity contribution < 1.29 is 4.42 Å². The highest BCUT2D eigenvalue weighted by Crippen LogP contribution is 2.54. The highest BCUT2D eigenvalue weighted by molar-refractivity contribution is 7.28. The van der Waals surface area contributed by atoms with Gasteiger partial charge in [-0.25, -0.2) is 19.9 Å². The van der Waals surface area contributed by atoms with Gasteiger partial charge < -0.3 is 4.42 Å². The summed E-state index contributed by atoms with van der Waals surface area (Å²) in [5, 5.41) is 23.7. The number of hydrogen-bond donors (Lipinski definition) is 0. The molecule has 29 rings (SSSR count). The van der Waals surface area contributed by atoms with Crippen LogP contribution in [0.4, 0.5) is 0 Å². The summed E-state index contributed by atoms with van der Waals surface area (Å²) in [7, 11) is 0. The average molecular weight is 1800 g/mol. The number of rotatable bonds is 11. The fraction of sp³-hybridized carbons (Fsp3) is 0. The molecular formula is C116H68N14OS4. The Bertz CT molecular complexity index is 9240. The second kappa shape index (κ2) is 31.8. The number of hydrogen-bond acceptors (Lipinski definition) is 15. The molecule has 12 aromatic heterocycles. The van der Waals surface area contributed by atoms with Crippen molar-refractivity contribution in [3.8, 4) is 103 Å². The molecule has 29 aromatic rings. The maximum Gasteiger partial charge on any atom is 0.238 e. The van der Waals surface area contributed by atoms with Crippen LogP contribution >= 0.6 is 45.3 Å². The van der Waals surface area contributed by atoms with Crippen LogP contribution in [0.2, 0.25) is 0 Å². The molecule has 15 nitrogen and oxygen atoms in total. The number of thiophene rings is 4. The van der Waals surface area contributed by atoms with Gasteiger partial charge >= 0.3 is 0 Å². The van der Waals surface area contributed by atoms with Gasteiger partial charge in [-0.3, -0.25) is 18.3 Å². The van der Waals surface area contributed by atoms with Crippen LogP contribution in [0.25, 0.3) is 262 Å². The van der Waals surface area contributed by atoms with Crippen molar-refractivity contribution in [1.82, 2.24) is 68.1 Å². The van der Waals surface area contributed by atoms with Crippen LogP contribution in [0, 0.1) is 0 Å². The van der Waals surface area contributed by atoms with Crippen molar-refractivity contribution in [3.05, 3.63) is 412 Å². The zero-order chi connectivity index (χ0) is 88.7. The number of benzene rings is 17. The summed E-state index contributed by atoms with van der Waals surface area (Å²) >= 11 is 7.21. The van der Waals surface area contributed by atoms with Crippen LogP contribution in [0.5, 0.6) is 0 Å². The molecule has 0 spiro atoms. The maximum absolute atomic E-state index is 5.87. The minimum Gasteiger partial charge on any atom is -0.471 e. The smallest absolute Gasteiger partial charge is 0.238 e. The molecular weight excluding hydrogens is 1730 g/mol. The van der Waals surface area contributed by atoms with Gasteiger partial charge in [-0.15, -0.1) is 34.0 Å². The van der Waals surface area contributed by atoms with E-state index >= 15 is 0 Å². The zero-order valence-corrected chi connectivity index (χ0v) is 74.8. The number of para-hydroxylation sites is 4. The van der Waals surface area contributed by atoms with Gasteiger partial charge in [0.1, 0.15) is 5.82 Å². The molecule has 0 atom stereocenters. The van der Waals surface area contributed by atoms with Gasteiger partial charge in [0.2, 0.25) is 17.8 Å². The quantitative estimate of drug-likeness (QED) is 0.121. The van der Waals surface area contributed by atoms with Crippen molar-refractivity contribution in [3.63, 3.8) is 0 Å². The number of imidazole rings is 1. The standard InChI is InChI=1S/C46H28N6S.C35H20N4OS.C35H20N4S2/c1-5-17-29(18-6-1)43-48-44(30-19-7-2-8-20-30)50-46(49-43)52-35-27-15-13-25-33(35)38-40-39(37-34-26-14-16-28-36(34)53-42(37)41(38)52)47-45(31-21-9-3-10-22-31)51(40)32-23-11-4-12-24-32;2*1-3-11-21(12-4-1)33-36-34(22-13-5-2-6-14-22)38-35(37-33)39-27-17-9-7-15-23(27)29-25-19-40-20-26(25)30-24-16-8-10-18-28(24)41-32(30)31(29)39/h1-28H;2*1-20H. The van der Waals surface area contributed by atoms with Gasteiger partial charge in [0.05, 0.1) is 70.8 Å². The number of fused-ring (bicyclic) bond motifs is 30. The van der Waals surface area contributed by atoms with Crippen molar-refractivity contribution >= 4 is 204 Å². The molecule has 0 aliphatic carbocycles. The van der Waals surface area contributed by atoms with Crippen LogP contribution in [0.3, 0.4) is 0 Å². The first-order chi connectivity index (χ1) is 67.0. The third kappa shape index (κ3) is 12.7. The van der Waals surface area contributed by atoms with E-state index in [2.05, 4.69) is 284 Å². The molecule has 19 heteroatoms. The summed E-state index contributed by atoms with van der Waals surface area (Å²) in [6.07, 6.45) is 3.75. The SMILES string of the molecule is c1ccc(-c2nc(-c3ccccc3)nc(-n3c4ccccc4c4c5c(nc(-c6ccccc6)n5-c5ccccc5)c5c6ccccc6sc5c43)n2)cc1.c1ccc(-c2nc(-c3ccccc3)nc(-n3c4ccccc4c4c5cocc5c5c6ccccc6sc5c43)n2)cc1.c1ccc(-c2nc(-c3ccccc3)nc(-n3c4ccccc4c4c5cscc5c5c6ccccc6sc5c43)n2)cc1. The molecule has 12 heterocycles. The molecule has 632 valence electrons. The average Bonchev–Trinajstić information content (AvgIpc) is 1.52. The lowest BCUT2D eigenvalue weighted by Crippen LogP contribution is -2.06. The molecule has 0 saturated carbocycles. The summed E-state index contributed by atoms with van der Waals surface area (Å²) in [4.78, 5) is 51.6. The van der Waals surface area contributed by atoms with Crippen molar-refractivity contribution in [2.75, 3.05) is 0 Å². The van der Waals surface area contributed by atoms with E-state index in [1.807, 2.05) is 157 Å². The number of aromatic nitrogens is 14. The Kier molecular flexibility index (Phi) is 18.3. The first-order valence-electron chi connectivity index (χ1n) is 44.5. The van der Waals surface area contributed by atoms with Crippen LogP contribution in [0.1, 0.15) is 0 Å². The first-order valence-corrected chi connectivity index (χ1v) is 47.9. The second-order valence-corrected chi connectivity index (χ2v) is 37.1. The van der Waals surface area contributed by atoms with Crippen LogP contribution < -0.4 is 0 Å². The lowest BCUT2D eigenvalue weighted by atomic mass is 10.0. The Morgan fingerprint density at radius 3 is 0.852 bits per heavy atom. The molecule has 0 aliphatic rings. The monoisotopic (exact) mass is 1800 g/mol. The second-order valence-electron chi connectivity index (χ2n) is 33.2. The summed E-state index contributed by atoms with van der Waals surface area (Å²) < 4.78 is 22.3. The Labute approximate surface area is 785 Å². The van der Waals surface area contributed by atoms with E-state index in [0.717, 1.165) is 137 Å². The third-order valence-corrected chi connectivity index (χ3v) is 29.8. The third-order valence-electron chi connectivity index (χ3n) is 25.5. The first kappa shape index (κ1) is 77.7. The summed E-state index contributed by atoms with van der Waals surface area (Å²) in [5.41, 5.74) is 16.2. The fourth-order valence-corrected chi connectivity index (χ4v) is 24.3. The summed E-state index contributed by atoms with van der Waals surface area (Å²) in [5.74, 6) is 6.50. The van der Waals surface area contributed by atoms with E-state index in [4.69, 9.17) is 54.3 Å². The molecule has 17 aromatic carbocycles. The van der Waals surface area contributed by atoms with Gasteiger partial charge in [0, 0.05) is 145 Å². The van der Waals surface area contributed by atoms with E-state index in [0.29, 0.717) is 52.8 Å². The van der Waals surface area contributed by atoms with Gasteiger partial charge in [-0.05, 0) is 59.3 Å². The number of furan rings is 1. The van der Waals surface area contributed by atoms with E-state index in [1.54, 1.807) is 34.0 Å². The van der Waals surface area contributed by atoms with Gasteiger partial charge in [-0.1, -0.05) is 340 Å². The zero-order valence-electron chi connectivity index (χ0n) is 71.6. The molecule has 0 bridgehead atoms. The fourth-order valence-electron chi connectivity index (χ4n) is 19.7. The van der Waals surface area contributed by atoms with Crippen LogP contribution in [-0.2, 0) is 0 Å². The summed E-state index contributed by atoms with van der Waals surface area (Å²) in [6.45, 7) is 0. The molecule has 0 unspecified atom stereocenters. The molecule has 135 heavy (non-hydrogen) atoms. The predicted octanol–water partition coefficient (Wildman–Crippen LogP) is 31.0. The lowest BCUT2D eigenvalue weighted by Gasteiger charge is -2.12. The molecule has 0 fully saturated rings. The van der Waals surface area contributed by atoms with E-state index in [1.165, 1.54) is 72.0 Å². The minimum atomic E-state index is 0.566. The normalized spacial score (nSPS) is 11.9. The van der Waals surface area contributed by atoms with Gasteiger partial charge in [-0.2, -0.15) is 41.2 Å². The summed E-state index contributed by atoms with van der Waals surface area (Å²) in [6, 6.07) is 134. The Balaban J connectivity index is 0.000000104. The van der Waals surface area contributed by atoms with Crippen molar-refractivity contribution in [2.24, 2.45) is 0 Å². The van der Waals surface area contributed by atoms with Crippen molar-refractivity contribution in [2.45, 2.75) is 0 Å². The van der Waals surface area contributed by atoms with Crippen molar-refractivity contribution in [1.29, 1.82) is 0 Å². The Morgan fingerprint density at radius 2 is 0.474 bits per heavy atom. The van der Waals surface area contributed by atoms with Crippen LogP contribution in [0.15, 0.2) is 416 Å². The maximum atomic E-state index is 5.87. The van der Waals surface area contributed by atoms with Gasteiger partial charge in [0.15, 0.2) is 34.9 Å². The predicted molar refractivity (Wildman–Crippen MR) is 559 cm³/mol. The lowest BCUT2D eigenvalue weighted by molar-refractivity contribution is 0.573. The highest BCUT2D eigenvalue weighted by Gasteiger charge is 2.32. The molecule has 0 radical (unpaired) electrons. The number of nitrogens with zero attached hydrogens (tertiary/aromatic N) is 14. The molecule has 0 aliphatic heterocycles. The molecule has 0 N–H and O–H groups in total. The van der Waals surface area contributed by atoms with E-state index in [9.17, 15) is 0 Å². The van der Waals surface area contributed by atoms with E-state index in [-0.39, 0.29) is 0 Å². The highest BCUT2D eigenvalue weighted by atomic mass is 32.1. The Hall–Kier alpha value is -17.2. The molecule has 0 saturated heterocycles.